The third kappa shape index (κ3) is 3.18. The lowest BCUT2D eigenvalue weighted by Gasteiger charge is -2.23. The zero-order chi connectivity index (χ0) is 17.3. The van der Waals surface area contributed by atoms with E-state index in [-0.39, 0.29) is 18.4 Å². The average Bonchev–Trinajstić information content (AvgIpc) is 3.05. The summed E-state index contributed by atoms with van der Waals surface area (Å²) in [5.74, 6) is -0.170. The second kappa shape index (κ2) is 6.55. The number of hydrogen-bond donors (Lipinski definition) is 2. The quantitative estimate of drug-likeness (QED) is 0.871. The fraction of sp³-hybridized carbons (Fsp3) is 0.579. The minimum Gasteiger partial charge on any atom is -0.481 e. The molecule has 0 spiro atoms. The molecule has 0 bridgehead atoms. The molecule has 24 heavy (non-hydrogen) atoms. The van der Waals surface area contributed by atoms with Crippen LogP contribution in [0, 0.1) is 11.3 Å². The second-order valence-electron chi connectivity index (χ2n) is 7.55. The monoisotopic (exact) mass is 330 g/mol. The lowest BCUT2D eigenvalue weighted by Crippen LogP contribution is -2.37. The Morgan fingerprint density at radius 2 is 2.21 bits per heavy atom. The molecule has 1 saturated heterocycles. The first-order valence-corrected chi connectivity index (χ1v) is 8.76. The second-order valence-corrected chi connectivity index (χ2v) is 7.55. The lowest BCUT2D eigenvalue weighted by molar-refractivity contribution is -0.149. The Labute approximate surface area is 143 Å². The maximum Gasteiger partial charge on any atom is 0.311 e. The SMILES string of the molecule is CC(C)c1cccc(NC(=O)CN2C[C@@H]3CCC[C@@]3(C(=O)O)C2)c1. The molecule has 0 unspecified atom stereocenters. The Morgan fingerprint density at radius 3 is 2.88 bits per heavy atom. The number of likely N-dealkylation sites (tertiary alicyclic amines) is 1. The fourth-order valence-corrected chi connectivity index (χ4v) is 4.24. The number of carbonyl (C=O) groups excluding carboxylic acids is 1. The summed E-state index contributed by atoms with van der Waals surface area (Å²) in [5.41, 5.74) is 1.37. The molecule has 2 atom stereocenters. The number of rotatable bonds is 5. The van der Waals surface area contributed by atoms with Crippen molar-refractivity contribution in [3.8, 4) is 0 Å². The van der Waals surface area contributed by atoms with Crippen molar-refractivity contribution in [3.05, 3.63) is 29.8 Å². The summed E-state index contributed by atoms with van der Waals surface area (Å²) < 4.78 is 0. The number of fused-ring (bicyclic) bond motifs is 1. The Bertz CT molecular complexity index is 643. The third-order valence-electron chi connectivity index (χ3n) is 5.57. The van der Waals surface area contributed by atoms with Gasteiger partial charge in [0.25, 0.3) is 0 Å². The van der Waals surface area contributed by atoms with E-state index < -0.39 is 11.4 Å². The summed E-state index contributed by atoms with van der Waals surface area (Å²) in [5, 5.41) is 12.6. The van der Waals surface area contributed by atoms with Crippen LogP contribution in [0.5, 0.6) is 0 Å². The van der Waals surface area contributed by atoms with Crippen LogP contribution in [0.3, 0.4) is 0 Å². The lowest BCUT2D eigenvalue weighted by atomic mass is 9.81. The van der Waals surface area contributed by atoms with Crippen molar-refractivity contribution < 1.29 is 14.7 Å². The minimum absolute atomic E-state index is 0.0728. The molecule has 1 saturated carbocycles. The van der Waals surface area contributed by atoms with E-state index in [2.05, 4.69) is 25.2 Å². The fourth-order valence-electron chi connectivity index (χ4n) is 4.24. The number of hydrogen-bond acceptors (Lipinski definition) is 3. The van der Waals surface area contributed by atoms with Gasteiger partial charge in [0, 0.05) is 18.8 Å². The first-order valence-electron chi connectivity index (χ1n) is 8.76. The van der Waals surface area contributed by atoms with Gasteiger partial charge >= 0.3 is 5.97 Å². The Balaban J connectivity index is 1.60. The van der Waals surface area contributed by atoms with Crippen LogP contribution in [0.4, 0.5) is 5.69 Å². The van der Waals surface area contributed by atoms with Crippen molar-refractivity contribution >= 4 is 17.6 Å². The smallest absolute Gasteiger partial charge is 0.311 e. The molecule has 5 heteroatoms. The highest BCUT2D eigenvalue weighted by Gasteiger charge is 2.54. The molecule has 1 aromatic carbocycles. The van der Waals surface area contributed by atoms with Gasteiger partial charge < -0.3 is 10.4 Å². The molecule has 3 rings (SSSR count). The molecule has 130 valence electrons. The highest BCUT2D eigenvalue weighted by molar-refractivity contribution is 5.92. The average molecular weight is 330 g/mol. The highest BCUT2D eigenvalue weighted by atomic mass is 16.4. The molecule has 1 amide bonds. The van der Waals surface area contributed by atoms with Gasteiger partial charge in [0.2, 0.25) is 5.91 Å². The van der Waals surface area contributed by atoms with Crippen LogP contribution in [0.2, 0.25) is 0 Å². The van der Waals surface area contributed by atoms with Crippen molar-refractivity contribution in [1.29, 1.82) is 0 Å². The number of carboxylic acids is 1. The van der Waals surface area contributed by atoms with Gasteiger partial charge in [-0.15, -0.1) is 0 Å². The molecule has 2 fully saturated rings. The zero-order valence-electron chi connectivity index (χ0n) is 14.4. The number of nitrogens with zero attached hydrogens (tertiary/aromatic N) is 1. The maximum atomic E-state index is 12.3. The molecule has 2 N–H and O–H groups in total. The van der Waals surface area contributed by atoms with Gasteiger partial charge in [0.15, 0.2) is 0 Å². The summed E-state index contributed by atoms with van der Waals surface area (Å²) in [6, 6.07) is 7.89. The van der Waals surface area contributed by atoms with Gasteiger partial charge in [-0.05, 0) is 42.4 Å². The molecule has 1 heterocycles. The number of nitrogens with one attached hydrogen (secondary N) is 1. The van der Waals surface area contributed by atoms with Crippen LogP contribution < -0.4 is 5.32 Å². The van der Waals surface area contributed by atoms with E-state index in [0.717, 1.165) is 24.9 Å². The molecule has 5 nitrogen and oxygen atoms in total. The number of amides is 1. The number of carboxylic acid groups (broad SMARTS) is 1. The highest BCUT2D eigenvalue weighted by Crippen LogP contribution is 2.48. The molecular formula is C19H26N2O3. The van der Waals surface area contributed by atoms with E-state index in [1.165, 1.54) is 5.56 Å². The van der Waals surface area contributed by atoms with Crippen molar-refractivity contribution in [3.63, 3.8) is 0 Å². The summed E-state index contributed by atoms with van der Waals surface area (Å²) in [7, 11) is 0. The molecule has 1 aromatic rings. The predicted molar refractivity (Wildman–Crippen MR) is 93.0 cm³/mol. The standard InChI is InChI=1S/C19H26N2O3/c1-13(2)14-5-3-7-16(9-14)20-17(22)11-21-10-15-6-4-8-19(15,12-21)18(23)24/h3,5,7,9,13,15H,4,6,8,10-12H2,1-2H3,(H,20,22)(H,23,24)/t15-,19+/m0/s1. The van der Waals surface area contributed by atoms with Gasteiger partial charge in [0.05, 0.1) is 12.0 Å². The van der Waals surface area contributed by atoms with E-state index in [9.17, 15) is 14.7 Å². The van der Waals surface area contributed by atoms with Crippen molar-refractivity contribution in [1.82, 2.24) is 4.90 Å². The van der Waals surface area contributed by atoms with Crippen LogP contribution in [0.1, 0.15) is 44.6 Å². The first-order chi connectivity index (χ1) is 11.4. The summed E-state index contributed by atoms with van der Waals surface area (Å²) in [4.78, 5) is 26.0. The summed E-state index contributed by atoms with van der Waals surface area (Å²) in [6.07, 6.45) is 2.68. The number of anilines is 1. The van der Waals surface area contributed by atoms with Gasteiger partial charge in [0.1, 0.15) is 0 Å². The van der Waals surface area contributed by atoms with Crippen LogP contribution in [-0.4, -0.2) is 41.5 Å². The molecule has 0 aromatic heterocycles. The van der Waals surface area contributed by atoms with Crippen LogP contribution in [-0.2, 0) is 9.59 Å². The van der Waals surface area contributed by atoms with E-state index >= 15 is 0 Å². The van der Waals surface area contributed by atoms with Gasteiger partial charge in [-0.25, -0.2) is 0 Å². The Morgan fingerprint density at radius 1 is 1.42 bits per heavy atom. The first kappa shape index (κ1) is 17.0. The molecular weight excluding hydrogens is 304 g/mol. The minimum atomic E-state index is -0.697. The topological polar surface area (TPSA) is 69.6 Å². The number of aliphatic carboxylic acids is 1. The molecule has 2 aliphatic rings. The van der Waals surface area contributed by atoms with Gasteiger partial charge in [-0.3, -0.25) is 14.5 Å². The van der Waals surface area contributed by atoms with Crippen LogP contribution in [0.25, 0.3) is 0 Å². The van der Waals surface area contributed by atoms with E-state index in [4.69, 9.17) is 0 Å². The predicted octanol–water partition coefficient (Wildman–Crippen LogP) is 2.94. The molecule has 1 aliphatic heterocycles. The van der Waals surface area contributed by atoms with E-state index in [1.54, 1.807) is 0 Å². The van der Waals surface area contributed by atoms with Crippen LogP contribution >= 0.6 is 0 Å². The number of carbonyl (C=O) groups is 2. The van der Waals surface area contributed by atoms with Crippen molar-refractivity contribution in [2.24, 2.45) is 11.3 Å². The Kier molecular flexibility index (Phi) is 4.63. The molecule has 1 aliphatic carbocycles. The Hall–Kier alpha value is -1.88. The van der Waals surface area contributed by atoms with Crippen LogP contribution in [0.15, 0.2) is 24.3 Å². The van der Waals surface area contributed by atoms with Crippen molar-refractivity contribution in [2.75, 3.05) is 25.0 Å². The summed E-state index contributed by atoms with van der Waals surface area (Å²) in [6.45, 7) is 5.71. The maximum absolute atomic E-state index is 12.3. The van der Waals surface area contributed by atoms with Gasteiger partial charge in [-0.2, -0.15) is 0 Å². The zero-order valence-corrected chi connectivity index (χ0v) is 14.4. The largest absolute Gasteiger partial charge is 0.481 e. The van der Waals surface area contributed by atoms with Crippen molar-refractivity contribution in [2.45, 2.75) is 39.0 Å². The summed E-state index contributed by atoms with van der Waals surface area (Å²) >= 11 is 0. The number of benzene rings is 1. The van der Waals surface area contributed by atoms with E-state index in [1.807, 2.05) is 23.1 Å². The van der Waals surface area contributed by atoms with Gasteiger partial charge in [-0.1, -0.05) is 32.4 Å². The normalized spacial score (nSPS) is 26.5. The van der Waals surface area contributed by atoms with E-state index in [0.29, 0.717) is 19.0 Å². The third-order valence-corrected chi connectivity index (χ3v) is 5.57. The molecule has 0 radical (unpaired) electrons.